The highest BCUT2D eigenvalue weighted by atomic mass is 35.5. The summed E-state index contributed by atoms with van der Waals surface area (Å²) in [5.41, 5.74) is 1.58. The second-order valence-corrected chi connectivity index (χ2v) is 9.44. The molecule has 0 aliphatic rings. The molecule has 1 N–H and O–H groups in total. The number of carbonyl (C=O) groups excluding carboxylic acids is 1. The number of hydrogen-bond donors (Lipinski definition) is 1. The first-order chi connectivity index (χ1) is 13.8. The van der Waals surface area contributed by atoms with Crippen LogP contribution in [-0.4, -0.2) is 27.6 Å². The molecule has 3 rings (SSSR count). The van der Waals surface area contributed by atoms with Gasteiger partial charge in [-0.1, -0.05) is 17.7 Å². The molecule has 0 aliphatic heterocycles. The highest BCUT2D eigenvalue weighted by molar-refractivity contribution is 7.98. The third kappa shape index (κ3) is 4.93. The van der Waals surface area contributed by atoms with E-state index in [9.17, 15) is 13.2 Å². The molecule has 29 heavy (non-hydrogen) atoms. The van der Waals surface area contributed by atoms with Crippen molar-refractivity contribution in [1.82, 2.24) is 0 Å². The first kappa shape index (κ1) is 21.2. The summed E-state index contributed by atoms with van der Waals surface area (Å²) in [4.78, 5) is 13.7. The summed E-state index contributed by atoms with van der Waals surface area (Å²) in [6, 6.07) is 19.9. The summed E-state index contributed by atoms with van der Waals surface area (Å²) in [7, 11) is -2.26. The molecule has 0 atom stereocenters. The molecule has 3 aromatic carbocycles. The largest absolute Gasteiger partial charge is 0.322 e. The van der Waals surface area contributed by atoms with Crippen LogP contribution in [0, 0.1) is 0 Å². The molecule has 0 heterocycles. The Morgan fingerprint density at radius 2 is 1.66 bits per heavy atom. The van der Waals surface area contributed by atoms with E-state index >= 15 is 0 Å². The lowest BCUT2D eigenvalue weighted by Crippen LogP contribution is -2.26. The number of carbonyl (C=O) groups is 1. The Kier molecular flexibility index (Phi) is 6.52. The van der Waals surface area contributed by atoms with E-state index in [2.05, 4.69) is 5.32 Å². The lowest BCUT2D eigenvalue weighted by molar-refractivity contribution is 0.102. The lowest BCUT2D eigenvalue weighted by atomic mass is 10.2. The summed E-state index contributed by atoms with van der Waals surface area (Å²) < 4.78 is 26.7. The summed E-state index contributed by atoms with van der Waals surface area (Å²) in [6.07, 6.45) is 1.97. The van der Waals surface area contributed by atoms with Gasteiger partial charge in [-0.2, -0.15) is 0 Å². The van der Waals surface area contributed by atoms with Crippen LogP contribution >= 0.6 is 23.4 Å². The first-order valence-electron chi connectivity index (χ1n) is 8.61. The molecule has 0 unspecified atom stereocenters. The van der Waals surface area contributed by atoms with Crippen molar-refractivity contribution < 1.29 is 13.2 Å². The third-order valence-corrected chi connectivity index (χ3v) is 7.07. The Morgan fingerprint density at radius 1 is 1.00 bits per heavy atom. The molecule has 1 amide bonds. The SMILES string of the molecule is CSc1cccc(NC(=O)c2ccc(N(C)S(=O)(=O)c3ccc(Cl)cc3)cc2)c1. The van der Waals surface area contributed by atoms with Gasteiger partial charge >= 0.3 is 0 Å². The minimum atomic E-state index is -3.73. The van der Waals surface area contributed by atoms with Crippen molar-refractivity contribution in [2.24, 2.45) is 0 Å². The molecule has 5 nitrogen and oxygen atoms in total. The normalized spacial score (nSPS) is 11.1. The Labute approximate surface area is 179 Å². The van der Waals surface area contributed by atoms with Gasteiger partial charge in [0.1, 0.15) is 0 Å². The number of rotatable bonds is 6. The Bertz CT molecular complexity index is 1120. The summed E-state index contributed by atoms with van der Waals surface area (Å²) in [5, 5.41) is 3.31. The zero-order valence-electron chi connectivity index (χ0n) is 15.8. The van der Waals surface area contributed by atoms with Gasteiger partial charge in [-0.15, -0.1) is 11.8 Å². The van der Waals surface area contributed by atoms with E-state index in [1.807, 2.05) is 30.5 Å². The number of anilines is 2. The van der Waals surface area contributed by atoms with Gasteiger partial charge in [0.2, 0.25) is 0 Å². The van der Waals surface area contributed by atoms with E-state index in [1.165, 1.54) is 35.6 Å². The molecule has 0 bridgehead atoms. The number of sulfonamides is 1. The number of nitrogens with one attached hydrogen (secondary N) is 1. The molecule has 0 aliphatic carbocycles. The van der Waals surface area contributed by atoms with Crippen molar-refractivity contribution in [2.45, 2.75) is 9.79 Å². The molecule has 0 fully saturated rings. The van der Waals surface area contributed by atoms with Crippen LogP contribution in [0.4, 0.5) is 11.4 Å². The molecule has 0 saturated carbocycles. The number of nitrogens with zero attached hydrogens (tertiary/aromatic N) is 1. The van der Waals surface area contributed by atoms with E-state index in [-0.39, 0.29) is 10.8 Å². The molecule has 0 spiro atoms. The van der Waals surface area contributed by atoms with Gasteiger partial charge in [0, 0.05) is 28.2 Å². The van der Waals surface area contributed by atoms with E-state index in [4.69, 9.17) is 11.6 Å². The van der Waals surface area contributed by atoms with Crippen LogP contribution < -0.4 is 9.62 Å². The second-order valence-electron chi connectivity index (χ2n) is 6.16. The van der Waals surface area contributed by atoms with Crippen LogP contribution in [0.3, 0.4) is 0 Å². The summed E-state index contributed by atoms with van der Waals surface area (Å²) in [5.74, 6) is -0.266. The van der Waals surface area contributed by atoms with E-state index in [0.717, 1.165) is 4.90 Å². The van der Waals surface area contributed by atoms with Gasteiger partial charge in [0.05, 0.1) is 10.6 Å². The van der Waals surface area contributed by atoms with Crippen molar-refractivity contribution in [3.63, 3.8) is 0 Å². The van der Waals surface area contributed by atoms with Crippen molar-refractivity contribution in [3.8, 4) is 0 Å². The van der Waals surface area contributed by atoms with Gasteiger partial charge in [-0.25, -0.2) is 8.42 Å². The minimum Gasteiger partial charge on any atom is -0.322 e. The fourth-order valence-corrected chi connectivity index (χ4v) is 4.41. The van der Waals surface area contributed by atoms with Crippen molar-refractivity contribution in [1.29, 1.82) is 0 Å². The van der Waals surface area contributed by atoms with E-state index in [0.29, 0.717) is 22.0 Å². The van der Waals surface area contributed by atoms with Gasteiger partial charge in [-0.05, 0) is 73.0 Å². The maximum atomic E-state index is 12.8. The molecule has 0 radical (unpaired) electrons. The van der Waals surface area contributed by atoms with E-state index < -0.39 is 10.0 Å². The van der Waals surface area contributed by atoms with E-state index in [1.54, 1.807) is 36.0 Å². The molecule has 0 saturated heterocycles. The second kappa shape index (κ2) is 8.90. The standard InChI is InChI=1S/C21H19ClN2O3S2/c1-24(29(26,27)20-12-8-16(22)9-13-20)18-10-6-15(7-11-18)21(25)23-17-4-3-5-19(14-17)28-2/h3-14H,1-2H3,(H,23,25). The van der Waals surface area contributed by atoms with Crippen LogP contribution in [0.2, 0.25) is 5.02 Å². The number of amides is 1. The topological polar surface area (TPSA) is 66.5 Å². The molecule has 8 heteroatoms. The molecule has 3 aromatic rings. The maximum absolute atomic E-state index is 12.8. The van der Waals surface area contributed by atoms with Crippen LogP contribution in [0.5, 0.6) is 0 Å². The van der Waals surface area contributed by atoms with Crippen molar-refractivity contribution in [3.05, 3.63) is 83.4 Å². The van der Waals surface area contributed by atoms with Crippen LogP contribution in [0.15, 0.2) is 82.6 Å². The Morgan fingerprint density at radius 3 is 2.28 bits per heavy atom. The van der Waals surface area contributed by atoms with Crippen LogP contribution in [-0.2, 0) is 10.0 Å². The van der Waals surface area contributed by atoms with Crippen LogP contribution in [0.1, 0.15) is 10.4 Å². The fraction of sp³-hybridized carbons (Fsp3) is 0.0952. The quantitative estimate of drug-likeness (QED) is 0.532. The summed E-state index contributed by atoms with van der Waals surface area (Å²) >= 11 is 7.42. The predicted octanol–water partition coefficient (Wildman–Crippen LogP) is 5.14. The highest BCUT2D eigenvalue weighted by Crippen LogP contribution is 2.24. The van der Waals surface area contributed by atoms with Gasteiger partial charge < -0.3 is 5.32 Å². The highest BCUT2D eigenvalue weighted by Gasteiger charge is 2.21. The average Bonchev–Trinajstić information content (AvgIpc) is 2.73. The molecule has 150 valence electrons. The number of benzene rings is 3. The number of thioether (sulfide) groups is 1. The molecular weight excluding hydrogens is 428 g/mol. The average molecular weight is 447 g/mol. The zero-order chi connectivity index (χ0) is 21.0. The van der Waals surface area contributed by atoms with Gasteiger partial charge in [-0.3, -0.25) is 9.10 Å². The van der Waals surface area contributed by atoms with Crippen molar-refractivity contribution in [2.75, 3.05) is 22.9 Å². The number of halogens is 1. The zero-order valence-corrected chi connectivity index (χ0v) is 18.2. The van der Waals surface area contributed by atoms with Crippen molar-refractivity contribution >= 4 is 50.7 Å². The lowest BCUT2D eigenvalue weighted by Gasteiger charge is -2.20. The van der Waals surface area contributed by atoms with Gasteiger partial charge in [0.15, 0.2) is 0 Å². The molecular formula is C21H19ClN2O3S2. The first-order valence-corrected chi connectivity index (χ1v) is 11.7. The van der Waals surface area contributed by atoms with Gasteiger partial charge in [0.25, 0.3) is 15.9 Å². The Balaban J connectivity index is 1.76. The Hall–Kier alpha value is -2.48. The fourth-order valence-electron chi connectivity index (χ4n) is 2.63. The smallest absolute Gasteiger partial charge is 0.264 e. The third-order valence-electron chi connectivity index (χ3n) is 4.29. The predicted molar refractivity (Wildman–Crippen MR) is 120 cm³/mol. The van der Waals surface area contributed by atoms with Crippen LogP contribution in [0.25, 0.3) is 0 Å². The minimum absolute atomic E-state index is 0.139. The monoisotopic (exact) mass is 446 g/mol. The maximum Gasteiger partial charge on any atom is 0.264 e. The molecule has 0 aromatic heterocycles. The summed E-state index contributed by atoms with van der Waals surface area (Å²) in [6.45, 7) is 0. The number of hydrogen-bond acceptors (Lipinski definition) is 4.